The highest BCUT2D eigenvalue weighted by Gasteiger charge is 2.10. The van der Waals surface area contributed by atoms with Crippen molar-refractivity contribution in [2.45, 2.75) is 52.6 Å². The van der Waals surface area contributed by atoms with Gasteiger partial charge < -0.3 is 4.74 Å². The number of esters is 1. The summed E-state index contributed by atoms with van der Waals surface area (Å²) < 4.78 is 5.40. The number of carbonyl (C=O) groups is 1. The predicted octanol–water partition coefficient (Wildman–Crippen LogP) is 4.51. The van der Waals surface area contributed by atoms with Crippen molar-refractivity contribution >= 4 is 5.97 Å². The molecule has 100 valence electrons. The molecule has 0 bridgehead atoms. The molecule has 0 amide bonds. The third-order valence-electron chi connectivity index (χ3n) is 2.99. The molecule has 0 radical (unpaired) electrons. The van der Waals surface area contributed by atoms with Gasteiger partial charge in [0.15, 0.2) is 0 Å². The zero-order valence-electron chi connectivity index (χ0n) is 11.7. The quantitative estimate of drug-likeness (QED) is 0.524. The Hall–Kier alpha value is -1.31. The molecule has 0 saturated heterocycles. The minimum atomic E-state index is -0.149. The lowest BCUT2D eigenvalue weighted by atomic mass is 10.1. The highest BCUT2D eigenvalue weighted by Crippen LogP contribution is 2.17. The number of ether oxygens (including phenoxy) is 1. The van der Waals surface area contributed by atoms with Crippen LogP contribution in [0, 0.1) is 5.92 Å². The third kappa shape index (κ3) is 5.85. The summed E-state index contributed by atoms with van der Waals surface area (Å²) in [6, 6.07) is 9.85. The van der Waals surface area contributed by atoms with Crippen molar-refractivity contribution in [1.29, 1.82) is 0 Å². The first-order valence-corrected chi connectivity index (χ1v) is 6.84. The van der Waals surface area contributed by atoms with E-state index >= 15 is 0 Å². The lowest BCUT2D eigenvalue weighted by molar-refractivity contribution is -0.148. The molecule has 18 heavy (non-hydrogen) atoms. The molecule has 0 aliphatic heterocycles. The van der Waals surface area contributed by atoms with Crippen LogP contribution in [0.2, 0.25) is 0 Å². The van der Waals surface area contributed by atoms with E-state index in [4.69, 9.17) is 4.74 Å². The van der Waals surface area contributed by atoms with Gasteiger partial charge in [-0.15, -0.1) is 0 Å². The number of benzene rings is 1. The maximum atomic E-state index is 11.6. The van der Waals surface area contributed by atoms with Gasteiger partial charge in [0.1, 0.15) is 6.10 Å². The van der Waals surface area contributed by atoms with Gasteiger partial charge in [-0.2, -0.15) is 0 Å². The molecule has 0 saturated carbocycles. The molecule has 0 aromatic heterocycles. The second-order valence-electron chi connectivity index (χ2n) is 5.18. The standard InChI is InChI=1S/C16H24O2/c1-13(2)9-7-8-12-16(17)18-14(3)15-10-5-4-6-11-15/h4-6,10-11,13-14H,7-9,12H2,1-3H3. The van der Waals surface area contributed by atoms with Gasteiger partial charge in [0.25, 0.3) is 0 Å². The second-order valence-corrected chi connectivity index (χ2v) is 5.18. The number of carbonyl (C=O) groups excluding carboxylic acids is 1. The Morgan fingerprint density at radius 1 is 1.11 bits per heavy atom. The van der Waals surface area contributed by atoms with Gasteiger partial charge in [-0.1, -0.05) is 57.0 Å². The van der Waals surface area contributed by atoms with Gasteiger partial charge in [-0.05, 0) is 24.8 Å². The highest BCUT2D eigenvalue weighted by atomic mass is 16.5. The second kappa shape index (κ2) is 7.91. The summed E-state index contributed by atoms with van der Waals surface area (Å²) in [6.45, 7) is 6.33. The molecule has 1 atom stereocenters. The van der Waals surface area contributed by atoms with Gasteiger partial charge in [0.2, 0.25) is 0 Å². The fourth-order valence-corrected chi connectivity index (χ4v) is 1.87. The topological polar surface area (TPSA) is 26.3 Å². The number of rotatable bonds is 7. The SMILES string of the molecule is CC(C)CCCCC(=O)OC(C)c1ccccc1. The normalized spacial score (nSPS) is 12.4. The molecular formula is C16H24O2. The van der Waals surface area contributed by atoms with E-state index in [1.54, 1.807) is 0 Å². The number of hydrogen-bond acceptors (Lipinski definition) is 2. The van der Waals surface area contributed by atoms with Crippen molar-refractivity contribution in [2.75, 3.05) is 0 Å². The van der Waals surface area contributed by atoms with Crippen LogP contribution >= 0.6 is 0 Å². The van der Waals surface area contributed by atoms with E-state index in [1.807, 2.05) is 37.3 Å². The van der Waals surface area contributed by atoms with Crippen molar-refractivity contribution in [3.8, 4) is 0 Å². The van der Waals surface area contributed by atoms with Crippen LogP contribution in [0.4, 0.5) is 0 Å². The maximum Gasteiger partial charge on any atom is 0.306 e. The molecule has 0 heterocycles. The first-order chi connectivity index (χ1) is 8.59. The van der Waals surface area contributed by atoms with Gasteiger partial charge in [0.05, 0.1) is 0 Å². The molecule has 1 aromatic carbocycles. The lowest BCUT2D eigenvalue weighted by Gasteiger charge is -2.13. The minimum absolute atomic E-state index is 0.0879. The van der Waals surface area contributed by atoms with Crippen molar-refractivity contribution in [2.24, 2.45) is 5.92 Å². The average Bonchev–Trinajstić information content (AvgIpc) is 2.35. The maximum absolute atomic E-state index is 11.6. The van der Waals surface area contributed by atoms with Crippen LogP contribution in [-0.2, 0) is 9.53 Å². The lowest BCUT2D eigenvalue weighted by Crippen LogP contribution is -2.08. The molecule has 0 aliphatic carbocycles. The molecule has 0 spiro atoms. The summed E-state index contributed by atoms with van der Waals surface area (Å²) in [7, 11) is 0. The molecule has 0 aliphatic rings. The summed E-state index contributed by atoms with van der Waals surface area (Å²) >= 11 is 0. The van der Waals surface area contributed by atoms with E-state index in [9.17, 15) is 4.79 Å². The van der Waals surface area contributed by atoms with Crippen molar-refractivity contribution < 1.29 is 9.53 Å². The Kier molecular flexibility index (Phi) is 6.48. The molecule has 2 nitrogen and oxygen atoms in total. The average molecular weight is 248 g/mol. The molecule has 1 rings (SSSR count). The fourth-order valence-electron chi connectivity index (χ4n) is 1.87. The van der Waals surface area contributed by atoms with Crippen molar-refractivity contribution in [3.63, 3.8) is 0 Å². The van der Waals surface area contributed by atoms with E-state index in [2.05, 4.69) is 13.8 Å². The summed E-state index contributed by atoms with van der Waals surface area (Å²) in [5.41, 5.74) is 1.05. The molecule has 0 N–H and O–H groups in total. The van der Waals surface area contributed by atoms with Gasteiger partial charge in [-0.25, -0.2) is 0 Å². The molecular weight excluding hydrogens is 224 g/mol. The Morgan fingerprint density at radius 3 is 2.39 bits per heavy atom. The predicted molar refractivity (Wildman–Crippen MR) is 74.3 cm³/mol. The van der Waals surface area contributed by atoms with Crippen LogP contribution in [0.15, 0.2) is 30.3 Å². The molecule has 2 heteroatoms. The summed E-state index contributed by atoms with van der Waals surface area (Å²) in [5.74, 6) is 0.624. The summed E-state index contributed by atoms with van der Waals surface area (Å²) in [6.07, 6.45) is 3.60. The van der Waals surface area contributed by atoms with E-state index in [-0.39, 0.29) is 12.1 Å². The van der Waals surface area contributed by atoms with Crippen LogP contribution in [0.3, 0.4) is 0 Å². The van der Waals surface area contributed by atoms with Crippen molar-refractivity contribution in [1.82, 2.24) is 0 Å². The fraction of sp³-hybridized carbons (Fsp3) is 0.562. The number of hydrogen-bond donors (Lipinski definition) is 0. The Morgan fingerprint density at radius 2 is 1.78 bits per heavy atom. The first-order valence-electron chi connectivity index (χ1n) is 6.84. The van der Waals surface area contributed by atoms with E-state index in [1.165, 1.54) is 6.42 Å². The minimum Gasteiger partial charge on any atom is -0.458 e. The summed E-state index contributed by atoms with van der Waals surface area (Å²) in [5, 5.41) is 0. The zero-order valence-corrected chi connectivity index (χ0v) is 11.7. The third-order valence-corrected chi connectivity index (χ3v) is 2.99. The van der Waals surface area contributed by atoms with Crippen LogP contribution < -0.4 is 0 Å². The number of unbranched alkanes of at least 4 members (excludes halogenated alkanes) is 1. The van der Waals surface area contributed by atoms with Crippen LogP contribution in [0.25, 0.3) is 0 Å². The zero-order chi connectivity index (χ0) is 13.4. The Bertz CT molecular complexity index is 343. The van der Waals surface area contributed by atoms with Crippen LogP contribution in [0.1, 0.15) is 58.1 Å². The largest absolute Gasteiger partial charge is 0.458 e. The Labute approximate surface area is 110 Å². The van der Waals surface area contributed by atoms with Crippen LogP contribution in [0.5, 0.6) is 0 Å². The van der Waals surface area contributed by atoms with Gasteiger partial charge in [-0.3, -0.25) is 4.79 Å². The monoisotopic (exact) mass is 248 g/mol. The molecule has 1 unspecified atom stereocenters. The first kappa shape index (κ1) is 14.7. The Balaban J connectivity index is 2.24. The van der Waals surface area contributed by atoms with Gasteiger partial charge in [0, 0.05) is 6.42 Å². The smallest absolute Gasteiger partial charge is 0.306 e. The van der Waals surface area contributed by atoms with E-state index in [0.717, 1.165) is 18.4 Å². The molecule has 1 aromatic rings. The van der Waals surface area contributed by atoms with Crippen LogP contribution in [-0.4, -0.2) is 5.97 Å². The summed E-state index contributed by atoms with van der Waals surface area (Å²) in [4.78, 5) is 11.6. The van der Waals surface area contributed by atoms with E-state index in [0.29, 0.717) is 12.3 Å². The highest BCUT2D eigenvalue weighted by molar-refractivity contribution is 5.69. The van der Waals surface area contributed by atoms with Gasteiger partial charge >= 0.3 is 5.97 Å². The molecule has 0 fully saturated rings. The van der Waals surface area contributed by atoms with E-state index < -0.39 is 0 Å². The van der Waals surface area contributed by atoms with Crippen molar-refractivity contribution in [3.05, 3.63) is 35.9 Å².